The highest BCUT2D eigenvalue weighted by atomic mass is 35.5. The van der Waals surface area contributed by atoms with Gasteiger partial charge in [-0.2, -0.15) is 0 Å². The van der Waals surface area contributed by atoms with Crippen LogP contribution in [-0.2, 0) is 12.8 Å². The summed E-state index contributed by atoms with van der Waals surface area (Å²) in [4.78, 5) is 14.2. The molecular weight excluding hydrogens is 388 g/mol. The third-order valence-corrected chi connectivity index (χ3v) is 7.28. The number of rotatable bonds is 7. The van der Waals surface area contributed by atoms with Crippen molar-refractivity contribution in [3.05, 3.63) is 51.6 Å². The lowest BCUT2D eigenvalue weighted by atomic mass is 9.97. The van der Waals surface area contributed by atoms with Crippen LogP contribution < -0.4 is 5.32 Å². The van der Waals surface area contributed by atoms with Gasteiger partial charge in [0.2, 0.25) is 0 Å². The van der Waals surface area contributed by atoms with Crippen LogP contribution in [0, 0.1) is 0 Å². The summed E-state index contributed by atoms with van der Waals surface area (Å²) >= 11 is 8.39. The molecule has 2 aromatic heterocycles. The monoisotopic (exact) mass is 414 g/mol. The molecule has 0 radical (unpaired) electrons. The van der Waals surface area contributed by atoms with Gasteiger partial charge in [-0.3, -0.25) is 4.90 Å². The van der Waals surface area contributed by atoms with Gasteiger partial charge in [0.1, 0.15) is 17.0 Å². The van der Waals surface area contributed by atoms with E-state index in [1.165, 1.54) is 35.1 Å². The van der Waals surface area contributed by atoms with Crippen molar-refractivity contribution in [1.29, 1.82) is 0 Å². The first-order valence-electron chi connectivity index (χ1n) is 10.2. The topological polar surface area (TPSA) is 41.0 Å². The third-order valence-electron chi connectivity index (χ3n) is 5.73. The Hall–Kier alpha value is -1.69. The number of hydrogen-bond donors (Lipinski definition) is 1. The van der Waals surface area contributed by atoms with E-state index < -0.39 is 0 Å². The van der Waals surface area contributed by atoms with Crippen LogP contribution >= 0.6 is 22.9 Å². The number of aromatic nitrogens is 2. The summed E-state index contributed by atoms with van der Waals surface area (Å²) < 4.78 is 0. The zero-order chi connectivity index (χ0) is 19.5. The highest BCUT2D eigenvalue weighted by Crippen LogP contribution is 2.38. The van der Waals surface area contributed by atoms with Gasteiger partial charge < -0.3 is 5.32 Å². The Morgan fingerprint density at radius 3 is 2.71 bits per heavy atom. The van der Waals surface area contributed by atoms with Crippen molar-refractivity contribution in [1.82, 2.24) is 14.9 Å². The minimum Gasteiger partial charge on any atom is -0.367 e. The van der Waals surface area contributed by atoms with Crippen LogP contribution in [0.3, 0.4) is 0 Å². The summed E-state index contributed by atoms with van der Waals surface area (Å²) in [5, 5.41) is 5.71. The molecule has 1 N–H and O–H groups in total. The normalized spacial score (nSPS) is 15.0. The van der Waals surface area contributed by atoms with Gasteiger partial charge in [-0.1, -0.05) is 43.6 Å². The van der Waals surface area contributed by atoms with Gasteiger partial charge in [0, 0.05) is 16.4 Å². The van der Waals surface area contributed by atoms with E-state index in [9.17, 15) is 0 Å². The summed E-state index contributed by atoms with van der Waals surface area (Å²) in [6, 6.07) is 8.36. The number of likely N-dealkylation sites (N-methyl/N-ethyl adjacent to an activating group) is 1. The predicted molar refractivity (Wildman–Crippen MR) is 120 cm³/mol. The second kappa shape index (κ2) is 8.76. The average molecular weight is 415 g/mol. The molecule has 0 saturated heterocycles. The van der Waals surface area contributed by atoms with Crippen LogP contribution in [0.25, 0.3) is 10.2 Å². The predicted octanol–water partition coefficient (Wildman–Crippen LogP) is 5.72. The molecule has 1 aliphatic carbocycles. The number of nitrogens with zero attached hydrogens (tertiary/aromatic N) is 3. The molecule has 2 heterocycles. The van der Waals surface area contributed by atoms with Crippen molar-refractivity contribution in [3.63, 3.8) is 0 Å². The van der Waals surface area contributed by atoms with Gasteiger partial charge in [0.25, 0.3) is 0 Å². The minimum absolute atomic E-state index is 0.197. The fraction of sp³-hybridized carbons (Fsp3) is 0.455. The molecule has 0 saturated carbocycles. The van der Waals surface area contributed by atoms with E-state index in [1.807, 2.05) is 23.5 Å². The molecule has 0 aliphatic heterocycles. The number of benzene rings is 1. The first kappa shape index (κ1) is 19.6. The number of anilines is 1. The van der Waals surface area contributed by atoms with Gasteiger partial charge >= 0.3 is 0 Å². The number of fused-ring (bicyclic) bond motifs is 3. The van der Waals surface area contributed by atoms with Gasteiger partial charge in [0.15, 0.2) is 0 Å². The Morgan fingerprint density at radius 1 is 1.14 bits per heavy atom. The number of halogens is 1. The molecule has 148 valence electrons. The minimum atomic E-state index is 0.197. The first-order valence-corrected chi connectivity index (χ1v) is 11.4. The molecule has 6 heteroatoms. The molecule has 1 aromatic carbocycles. The summed E-state index contributed by atoms with van der Waals surface area (Å²) in [5.41, 5.74) is 2.63. The van der Waals surface area contributed by atoms with Crippen molar-refractivity contribution in [3.8, 4) is 0 Å². The first-order chi connectivity index (χ1) is 13.7. The zero-order valence-corrected chi connectivity index (χ0v) is 18.1. The van der Waals surface area contributed by atoms with E-state index >= 15 is 0 Å². The third kappa shape index (κ3) is 3.76. The van der Waals surface area contributed by atoms with Crippen molar-refractivity contribution in [2.24, 2.45) is 0 Å². The molecule has 1 atom stereocenters. The summed E-state index contributed by atoms with van der Waals surface area (Å²) in [7, 11) is 0. The standard InChI is InChI=1S/C22H27ClN4S/c1-3-27(4-2)18(15-9-5-7-11-17(15)23)13-24-21-20-16-10-6-8-12-19(16)28-22(20)26-14-25-21/h5,7,9,11,14,18H,3-4,6,8,10,12-13H2,1-2H3,(H,24,25,26). The maximum absolute atomic E-state index is 6.55. The highest BCUT2D eigenvalue weighted by molar-refractivity contribution is 7.19. The second-order valence-electron chi connectivity index (χ2n) is 7.25. The van der Waals surface area contributed by atoms with Crippen LogP contribution in [0.2, 0.25) is 5.02 Å². The highest BCUT2D eigenvalue weighted by Gasteiger charge is 2.23. The molecule has 0 amide bonds. The van der Waals surface area contributed by atoms with Crippen LogP contribution in [0.1, 0.15) is 48.7 Å². The molecule has 4 rings (SSSR count). The Labute approximate surface area is 176 Å². The van der Waals surface area contributed by atoms with Crippen molar-refractivity contribution in [2.75, 3.05) is 25.0 Å². The average Bonchev–Trinajstić information content (AvgIpc) is 3.11. The summed E-state index contributed by atoms with van der Waals surface area (Å²) in [6.45, 7) is 7.11. The molecule has 4 nitrogen and oxygen atoms in total. The van der Waals surface area contributed by atoms with E-state index in [4.69, 9.17) is 11.6 Å². The van der Waals surface area contributed by atoms with E-state index in [0.29, 0.717) is 0 Å². The molecule has 0 fully saturated rings. The van der Waals surface area contributed by atoms with Crippen molar-refractivity contribution in [2.45, 2.75) is 45.6 Å². The molecule has 1 aliphatic rings. The second-order valence-corrected chi connectivity index (χ2v) is 8.74. The van der Waals surface area contributed by atoms with E-state index in [2.05, 4.69) is 46.2 Å². The summed E-state index contributed by atoms with van der Waals surface area (Å²) in [6.07, 6.45) is 6.55. The lowest BCUT2D eigenvalue weighted by Crippen LogP contribution is -2.33. The lowest BCUT2D eigenvalue weighted by molar-refractivity contribution is 0.228. The van der Waals surface area contributed by atoms with Gasteiger partial charge in [0.05, 0.1) is 11.4 Å². The number of hydrogen-bond acceptors (Lipinski definition) is 5. The molecule has 1 unspecified atom stereocenters. The van der Waals surface area contributed by atoms with Crippen molar-refractivity contribution < 1.29 is 0 Å². The van der Waals surface area contributed by atoms with Gasteiger partial charge in [-0.15, -0.1) is 11.3 Å². The zero-order valence-electron chi connectivity index (χ0n) is 16.5. The maximum atomic E-state index is 6.55. The number of thiophene rings is 1. The Kier molecular flexibility index (Phi) is 6.14. The number of nitrogens with one attached hydrogen (secondary N) is 1. The van der Waals surface area contributed by atoms with E-state index in [-0.39, 0.29) is 6.04 Å². The van der Waals surface area contributed by atoms with E-state index in [0.717, 1.165) is 47.3 Å². The molecule has 0 spiro atoms. The smallest absolute Gasteiger partial charge is 0.138 e. The van der Waals surface area contributed by atoms with Crippen LogP contribution in [-0.4, -0.2) is 34.5 Å². The largest absolute Gasteiger partial charge is 0.367 e. The van der Waals surface area contributed by atoms with Crippen LogP contribution in [0.4, 0.5) is 5.82 Å². The fourth-order valence-corrected chi connectivity index (χ4v) is 5.75. The van der Waals surface area contributed by atoms with E-state index in [1.54, 1.807) is 6.33 Å². The molecule has 3 aromatic rings. The lowest BCUT2D eigenvalue weighted by Gasteiger charge is -2.31. The molecule has 0 bridgehead atoms. The molecule has 28 heavy (non-hydrogen) atoms. The van der Waals surface area contributed by atoms with Crippen LogP contribution in [0.5, 0.6) is 0 Å². The maximum Gasteiger partial charge on any atom is 0.138 e. The van der Waals surface area contributed by atoms with Gasteiger partial charge in [-0.25, -0.2) is 9.97 Å². The fourth-order valence-electron chi connectivity index (χ4n) is 4.26. The Morgan fingerprint density at radius 2 is 1.93 bits per heavy atom. The quantitative estimate of drug-likeness (QED) is 0.536. The Balaban J connectivity index is 1.66. The SMILES string of the molecule is CCN(CC)C(CNc1ncnc2sc3c(c12)CCCC3)c1ccccc1Cl. The molecular formula is C22H27ClN4S. The van der Waals surface area contributed by atoms with Gasteiger partial charge in [-0.05, 0) is 56.0 Å². The summed E-state index contributed by atoms with van der Waals surface area (Å²) in [5.74, 6) is 0.966. The number of aryl methyl sites for hydroxylation is 2. The Bertz CT molecular complexity index is 951. The van der Waals surface area contributed by atoms with Crippen molar-refractivity contribution >= 4 is 39.0 Å². The van der Waals surface area contributed by atoms with Crippen LogP contribution in [0.15, 0.2) is 30.6 Å².